The maximum absolute atomic E-state index is 13.4. The van der Waals surface area contributed by atoms with Gasteiger partial charge in [0.2, 0.25) is 0 Å². The number of anilines is 2. The van der Waals surface area contributed by atoms with Crippen molar-refractivity contribution in [1.82, 2.24) is 0 Å². The van der Waals surface area contributed by atoms with Gasteiger partial charge in [-0.15, -0.1) is 0 Å². The van der Waals surface area contributed by atoms with E-state index in [2.05, 4.69) is 5.32 Å². The van der Waals surface area contributed by atoms with Crippen molar-refractivity contribution in [2.45, 2.75) is 6.92 Å². The molecule has 0 spiro atoms. The number of carbonyl (C=O) groups is 1. The maximum Gasteiger partial charge on any atom is 0.258 e. The van der Waals surface area contributed by atoms with Crippen LogP contribution in [-0.4, -0.2) is 5.91 Å². The zero-order chi connectivity index (χ0) is 14.0. The third-order valence-corrected chi connectivity index (χ3v) is 2.63. The SMILES string of the molecule is Cc1ccc(NC(=O)c2ccc(F)cc2F)c(N)c1. The number of rotatable bonds is 2. The van der Waals surface area contributed by atoms with Crippen molar-refractivity contribution >= 4 is 17.3 Å². The summed E-state index contributed by atoms with van der Waals surface area (Å²) in [5.74, 6) is -2.32. The highest BCUT2D eigenvalue weighted by Crippen LogP contribution is 2.21. The number of benzene rings is 2. The molecular formula is C14H12F2N2O. The van der Waals surface area contributed by atoms with Crippen LogP contribution in [0.15, 0.2) is 36.4 Å². The van der Waals surface area contributed by atoms with Crippen LogP contribution in [0.25, 0.3) is 0 Å². The summed E-state index contributed by atoms with van der Waals surface area (Å²) in [5, 5.41) is 2.49. The molecule has 3 N–H and O–H groups in total. The lowest BCUT2D eigenvalue weighted by molar-refractivity contribution is 0.102. The molecule has 0 radical (unpaired) electrons. The molecule has 98 valence electrons. The van der Waals surface area contributed by atoms with Crippen molar-refractivity contribution in [2.24, 2.45) is 0 Å². The molecule has 0 aliphatic carbocycles. The third-order valence-electron chi connectivity index (χ3n) is 2.63. The molecule has 0 atom stereocenters. The number of amides is 1. The van der Waals surface area contributed by atoms with E-state index in [0.717, 1.165) is 17.7 Å². The average molecular weight is 262 g/mol. The number of halogens is 2. The average Bonchev–Trinajstić information content (AvgIpc) is 2.32. The van der Waals surface area contributed by atoms with Crippen molar-refractivity contribution in [3.05, 3.63) is 59.2 Å². The molecule has 1 amide bonds. The van der Waals surface area contributed by atoms with Gasteiger partial charge in [-0.2, -0.15) is 0 Å². The van der Waals surface area contributed by atoms with Crippen molar-refractivity contribution in [3.63, 3.8) is 0 Å². The monoisotopic (exact) mass is 262 g/mol. The van der Waals surface area contributed by atoms with Crippen LogP contribution in [0, 0.1) is 18.6 Å². The predicted octanol–water partition coefficient (Wildman–Crippen LogP) is 3.11. The van der Waals surface area contributed by atoms with Gasteiger partial charge in [-0.05, 0) is 36.8 Å². The van der Waals surface area contributed by atoms with Gasteiger partial charge in [-0.1, -0.05) is 6.07 Å². The summed E-state index contributed by atoms with van der Waals surface area (Å²) in [6.07, 6.45) is 0. The Balaban J connectivity index is 2.25. The first-order chi connectivity index (χ1) is 8.97. The number of nitrogens with one attached hydrogen (secondary N) is 1. The van der Waals surface area contributed by atoms with Crippen LogP contribution >= 0.6 is 0 Å². The summed E-state index contributed by atoms with van der Waals surface area (Å²) >= 11 is 0. The molecule has 0 fully saturated rings. The van der Waals surface area contributed by atoms with Gasteiger partial charge in [0.1, 0.15) is 11.6 Å². The summed E-state index contributed by atoms with van der Waals surface area (Å²) in [6.45, 7) is 1.86. The highest BCUT2D eigenvalue weighted by molar-refractivity contribution is 6.05. The van der Waals surface area contributed by atoms with Crippen LogP contribution in [0.4, 0.5) is 20.2 Å². The molecule has 2 rings (SSSR count). The molecule has 0 saturated carbocycles. The van der Waals surface area contributed by atoms with E-state index in [4.69, 9.17) is 5.73 Å². The number of hydrogen-bond donors (Lipinski definition) is 2. The Kier molecular flexibility index (Phi) is 3.46. The Morgan fingerprint density at radius 1 is 1.16 bits per heavy atom. The molecule has 19 heavy (non-hydrogen) atoms. The molecule has 0 aliphatic rings. The predicted molar refractivity (Wildman–Crippen MR) is 69.9 cm³/mol. The Morgan fingerprint density at radius 3 is 2.53 bits per heavy atom. The van der Waals surface area contributed by atoms with E-state index in [9.17, 15) is 13.6 Å². The second kappa shape index (κ2) is 5.06. The van der Waals surface area contributed by atoms with Crippen LogP contribution in [0.3, 0.4) is 0 Å². The highest BCUT2D eigenvalue weighted by atomic mass is 19.1. The minimum absolute atomic E-state index is 0.235. The van der Waals surface area contributed by atoms with E-state index in [1.54, 1.807) is 18.2 Å². The molecule has 0 aromatic heterocycles. The van der Waals surface area contributed by atoms with Gasteiger partial charge in [0.15, 0.2) is 0 Å². The topological polar surface area (TPSA) is 55.1 Å². The molecular weight excluding hydrogens is 250 g/mol. The summed E-state index contributed by atoms with van der Waals surface area (Å²) in [6, 6.07) is 7.86. The van der Waals surface area contributed by atoms with Gasteiger partial charge in [0.25, 0.3) is 5.91 Å². The lowest BCUT2D eigenvalue weighted by Crippen LogP contribution is -2.15. The van der Waals surface area contributed by atoms with Crippen LogP contribution in [0.5, 0.6) is 0 Å². The van der Waals surface area contributed by atoms with Crippen molar-refractivity contribution in [3.8, 4) is 0 Å². The Labute approximate surface area is 109 Å². The fourth-order valence-electron chi connectivity index (χ4n) is 1.66. The second-order valence-corrected chi connectivity index (χ2v) is 4.17. The third kappa shape index (κ3) is 2.88. The number of nitrogen functional groups attached to an aromatic ring is 1. The first-order valence-corrected chi connectivity index (χ1v) is 5.60. The molecule has 0 heterocycles. The molecule has 0 bridgehead atoms. The zero-order valence-electron chi connectivity index (χ0n) is 10.2. The van der Waals surface area contributed by atoms with E-state index in [1.807, 2.05) is 6.92 Å². The number of nitrogens with two attached hydrogens (primary N) is 1. The molecule has 0 aliphatic heterocycles. The first kappa shape index (κ1) is 13.0. The molecule has 3 nitrogen and oxygen atoms in total. The van der Waals surface area contributed by atoms with E-state index >= 15 is 0 Å². The highest BCUT2D eigenvalue weighted by Gasteiger charge is 2.13. The van der Waals surface area contributed by atoms with Crippen LogP contribution in [0.2, 0.25) is 0 Å². The number of aryl methyl sites for hydroxylation is 1. The van der Waals surface area contributed by atoms with Crippen LogP contribution in [0.1, 0.15) is 15.9 Å². The van der Waals surface area contributed by atoms with E-state index in [1.165, 1.54) is 0 Å². The molecule has 0 unspecified atom stereocenters. The summed E-state index contributed by atoms with van der Waals surface area (Å²) < 4.78 is 26.2. The lowest BCUT2D eigenvalue weighted by atomic mass is 10.1. The summed E-state index contributed by atoms with van der Waals surface area (Å²) in [4.78, 5) is 11.9. The fraction of sp³-hybridized carbons (Fsp3) is 0.0714. The largest absolute Gasteiger partial charge is 0.397 e. The first-order valence-electron chi connectivity index (χ1n) is 5.60. The van der Waals surface area contributed by atoms with E-state index in [-0.39, 0.29) is 5.56 Å². The van der Waals surface area contributed by atoms with Gasteiger partial charge in [-0.3, -0.25) is 4.79 Å². The van der Waals surface area contributed by atoms with Crippen molar-refractivity contribution in [1.29, 1.82) is 0 Å². The number of carbonyl (C=O) groups excluding carboxylic acids is 1. The zero-order valence-corrected chi connectivity index (χ0v) is 10.2. The van der Waals surface area contributed by atoms with Gasteiger partial charge in [0.05, 0.1) is 16.9 Å². The standard InChI is InChI=1S/C14H12F2N2O/c1-8-2-5-13(12(17)6-8)18-14(19)10-4-3-9(15)7-11(10)16/h2-7H,17H2,1H3,(H,18,19). The van der Waals surface area contributed by atoms with Gasteiger partial charge >= 0.3 is 0 Å². The summed E-state index contributed by atoms with van der Waals surface area (Å²) in [7, 11) is 0. The molecule has 2 aromatic carbocycles. The number of hydrogen-bond acceptors (Lipinski definition) is 2. The van der Waals surface area contributed by atoms with E-state index < -0.39 is 17.5 Å². The Bertz CT molecular complexity index is 641. The smallest absolute Gasteiger partial charge is 0.258 e. The van der Waals surface area contributed by atoms with Crippen molar-refractivity contribution in [2.75, 3.05) is 11.1 Å². The maximum atomic E-state index is 13.4. The Hall–Kier alpha value is -2.43. The van der Waals surface area contributed by atoms with Crippen LogP contribution in [-0.2, 0) is 0 Å². The molecule has 2 aromatic rings. The lowest BCUT2D eigenvalue weighted by Gasteiger charge is -2.09. The van der Waals surface area contributed by atoms with Gasteiger partial charge < -0.3 is 11.1 Å². The second-order valence-electron chi connectivity index (χ2n) is 4.17. The molecule has 0 saturated heterocycles. The van der Waals surface area contributed by atoms with Gasteiger partial charge in [0, 0.05) is 6.07 Å². The van der Waals surface area contributed by atoms with Gasteiger partial charge in [-0.25, -0.2) is 8.78 Å². The summed E-state index contributed by atoms with van der Waals surface area (Å²) in [5.41, 5.74) is 7.23. The minimum atomic E-state index is -0.914. The van der Waals surface area contributed by atoms with Crippen molar-refractivity contribution < 1.29 is 13.6 Å². The van der Waals surface area contributed by atoms with E-state index in [0.29, 0.717) is 17.4 Å². The Morgan fingerprint density at radius 2 is 1.89 bits per heavy atom. The molecule has 5 heteroatoms. The quantitative estimate of drug-likeness (QED) is 0.817. The fourth-order valence-corrected chi connectivity index (χ4v) is 1.66. The van der Waals surface area contributed by atoms with Crippen LogP contribution < -0.4 is 11.1 Å². The normalized spacial score (nSPS) is 10.3. The minimum Gasteiger partial charge on any atom is -0.397 e.